The van der Waals surface area contributed by atoms with Crippen molar-refractivity contribution < 1.29 is 0 Å². The lowest BCUT2D eigenvalue weighted by atomic mass is 10.2. The second-order valence-corrected chi connectivity index (χ2v) is 6.84. The second-order valence-electron chi connectivity index (χ2n) is 4.41. The van der Waals surface area contributed by atoms with E-state index in [1.54, 1.807) is 0 Å². The average molecular weight is 315 g/mol. The van der Waals surface area contributed by atoms with Gasteiger partial charge in [0, 0.05) is 15.8 Å². The van der Waals surface area contributed by atoms with Gasteiger partial charge in [-0.25, -0.2) is 0 Å². The summed E-state index contributed by atoms with van der Waals surface area (Å²) in [5.74, 6) is 1.19. The van der Waals surface area contributed by atoms with Crippen LogP contribution in [0.5, 0.6) is 0 Å². The molecule has 2 unspecified atom stereocenters. The van der Waals surface area contributed by atoms with Gasteiger partial charge >= 0.3 is 0 Å². The predicted molar refractivity (Wildman–Crippen MR) is 81.7 cm³/mol. The molecular weight excluding hydrogens is 296 g/mol. The number of rotatable bonds is 4. The van der Waals surface area contributed by atoms with Crippen LogP contribution in [0.25, 0.3) is 0 Å². The maximum absolute atomic E-state index is 6.02. The minimum absolute atomic E-state index is 0.573. The summed E-state index contributed by atoms with van der Waals surface area (Å²) in [7, 11) is 0. The highest BCUT2D eigenvalue weighted by Crippen LogP contribution is 2.33. The molecule has 0 aromatic heterocycles. The fraction of sp³-hybridized carbons (Fsp3) is 0.538. The number of thioether (sulfide) groups is 1. The number of nitrogens with two attached hydrogens (primary N) is 1. The molecule has 1 aliphatic carbocycles. The van der Waals surface area contributed by atoms with Crippen LogP contribution in [0.4, 0.5) is 11.4 Å². The van der Waals surface area contributed by atoms with E-state index in [-0.39, 0.29) is 0 Å². The molecular formula is C13H19BrN2S. The molecule has 0 heterocycles. The molecule has 3 N–H and O–H groups in total. The van der Waals surface area contributed by atoms with E-state index in [9.17, 15) is 0 Å². The predicted octanol–water partition coefficient (Wildman–Crippen LogP) is 4.12. The van der Waals surface area contributed by atoms with Crippen LogP contribution in [0, 0.1) is 0 Å². The Morgan fingerprint density at radius 3 is 3.00 bits per heavy atom. The van der Waals surface area contributed by atoms with Gasteiger partial charge < -0.3 is 11.1 Å². The molecule has 1 fully saturated rings. The normalized spacial score (nSPS) is 23.9. The van der Waals surface area contributed by atoms with Gasteiger partial charge in [-0.15, -0.1) is 0 Å². The molecule has 0 radical (unpaired) electrons. The van der Waals surface area contributed by atoms with Crippen LogP contribution in [0.1, 0.15) is 26.2 Å². The molecule has 0 aliphatic heterocycles. The monoisotopic (exact) mass is 314 g/mol. The molecule has 1 aromatic carbocycles. The fourth-order valence-electron chi connectivity index (χ4n) is 2.37. The lowest BCUT2D eigenvalue weighted by Gasteiger charge is -2.22. The summed E-state index contributed by atoms with van der Waals surface area (Å²) >= 11 is 5.50. The van der Waals surface area contributed by atoms with Crippen molar-refractivity contribution in [2.45, 2.75) is 37.5 Å². The van der Waals surface area contributed by atoms with Crippen LogP contribution < -0.4 is 11.1 Å². The van der Waals surface area contributed by atoms with Crippen molar-refractivity contribution in [2.24, 2.45) is 0 Å². The van der Waals surface area contributed by atoms with Crippen LogP contribution in [0.15, 0.2) is 22.7 Å². The molecule has 1 aliphatic rings. The van der Waals surface area contributed by atoms with Crippen molar-refractivity contribution in [1.82, 2.24) is 0 Å². The first-order valence-electron chi connectivity index (χ1n) is 6.14. The van der Waals surface area contributed by atoms with Gasteiger partial charge in [0.25, 0.3) is 0 Å². The summed E-state index contributed by atoms with van der Waals surface area (Å²) in [6.45, 7) is 2.23. The third-order valence-electron chi connectivity index (χ3n) is 3.19. The van der Waals surface area contributed by atoms with Crippen LogP contribution in [-0.4, -0.2) is 17.0 Å². The third kappa shape index (κ3) is 3.32. The minimum Gasteiger partial charge on any atom is -0.397 e. The van der Waals surface area contributed by atoms with Gasteiger partial charge in [-0.3, -0.25) is 0 Å². The molecule has 0 amide bonds. The standard InChI is InChI=1S/C13H19BrN2S/c1-2-17-13-5-3-4-12(13)16-11-7-6-9(14)8-10(11)15/h6-8,12-13,16H,2-5,15H2,1H3. The van der Waals surface area contributed by atoms with Crippen molar-refractivity contribution in [2.75, 3.05) is 16.8 Å². The largest absolute Gasteiger partial charge is 0.397 e. The molecule has 2 rings (SSSR count). The Hall–Kier alpha value is -0.350. The molecule has 0 spiro atoms. The zero-order valence-electron chi connectivity index (χ0n) is 10.1. The van der Waals surface area contributed by atoms with Gasteiger partial charge in [0.05, 0.1) is 11.4 Å². The Bertz CT molecular complexity index is 384. The molecule has 2 atom stereocenters. The Kier molecular flexibility index (Phi) is 4.62. The van der Waals surface area contributed by atoms with Gasteiger partial charge in [-0.1, -0.05) is 29.3 Å². The average Bonchev–Trinajstić information content (AvgIpc) is 2.71. The number of nitrogens with one attached hydrogen (secondary N) is 1. The maximum atomic E-state index is 6.02. The molecule has 1 aromatic rings. The first-order chi connectivity index (χ1) is 8.20. The molecule has 0 bridgehead atoms. The summed E-state index contributed by atoms with van der Waals surface area (Å²) in [4.78, 5) is 0. The first-order valence-corrected chi connectivity index (χ1v) is 7.98. The molecule has 1 saturated carbocycles. The van der Waals surface area contributed by atoms with E-state index in [2.05, 4.69) is 46.0 Å². The Labute approximate surface area is 116 Å². The quantitative estimate of drug-likeness (QED) is 0.821. The van der Waals surface area contributed by atoms with E-state index < -0.39 is 0 Å². The van der Waals surface area contributed by atoms with E-state index in [1.165, 1.54) is 25.0 Å². The van der Waals surface area contributed by atoms with Crippen molar-refractivity contribution in [3.8, 4) is 0 Å². The molecule has 2 nitrogen and oxygen atoms in total. The van der Waals surface area contributed by atoms with Gasteiger partial charge in [-0.2, -0.15) is 11.8 Å². The van der Waals surface area contributed by atoms with Crippen LogP contribution in [0.3, 0.4) is 0 Å². The summed E-state index contributed by atoms with van der Waals surface area (Å²) in [6.07, 6.45) is 3.91. The number of halogens is 1. The highest BCUT2D eigenvalue weighted by Gasteiger charge is 2.27. The van der Waals surface area contributed by atoms with E-state index in [4.69, 9.17) is 5.73 Å². The molecule has 17 heavy (non-hydrogen) atoms. The summed E-state index contributed by atoms with van der Waals surface area (Å²) in [5, 5.41) is 4.34. The maximum Gasteiger partial charge on any atom is 0.0577 e. The topological polar surface area (TPSA) is 38.0 Å². The number of hydrogen-bond acceptors (Lipinski definition) is 3. The van der Waals surface area contributed by atoms with Crippen molar-refractivity contribution in [1.29, 1.82) is 0 Å². The fourth-order valence-corrected chi connectivity index (χ4v) is 3.95. The third-order valence-corrected chi connectivity index (χ3v) is 5.01. The second kappa shape index (κ2) is 6.01. The molecule has 94 valence electrons. The number of anilines is 2. The smallest absolute Gasteiger partial charge is 0.0577 e. The van der Waals surface area contributed by atoms with Crippen molar-refractivity contribution in [3.05, 3.63) is 22.7 Å². The number of nitrogen functional groups attached to an aromatic ring is 1. The van der Waals surface area contributed by atoms with Gasteiger partial charge in [0.15, 0.2) is 0 Å². The zero-order valence-corrected chi connectivity index (χ0v) is 12.5. The summed E-state index contributed by atoms with van der Waals surface area (Å²) < 4.78 is 1.03. The summed E-state index contributed by atoms with van der Waals surface area (Å²) in [5.41, 5.74) is 7.92. The highest BCUT2D eigenvalue weighted by molar-refractivity contribution is 9.10. The van der Waals surface area contributed by atoms with E-state index in [1.807, 2.05) is 12.1 Å². The van der Waals surface area contributed by atoms with Crippen LogP contribution in [0.2, 0.25) is 0 Å². The van der Waals surface area contributed by atoms with Crippen molar-refractivity contribution >= 4 is 39.1 Å². The van der Waals surface area contributed by atoms with Gasteiger partial charge in [0.1, 0.15) is 0 Å². The van der Waals surface area contributed by atoms with E-state index in [0.29, 0.717) is 6.04 Å². The van der Waals surface area contributed by atoms with Gasteiger partial charge in [0.2, 0.25) is 0 Å². The SMILES string of the molecule is CCSC1CCCC1Nc1ccc(Br)cc1N. The Morgan fingerprint density at radius 2 is 2.29 bits per heavy atom. The van der Waals surface area contributed by atoms with Crippen LogP contribution >= 0.6 is 27.7 Å². The minimum atomic E-state index is 0.573. The number of benzene rings is 1. The van der Waals surface area contributed by atoms with Crippen molar-refractivity contribution in [3.63, 3.8) is 0 Å². The molecule has 0 saturated heterocycles. The molecule has 4 heteroatoms. The number of hydrogen-bond donors (Lipinski definition) is 2. The Balaban J connectivity index is 2.04. The first kappa shape index (κ1) is 13.1. The highest BCUT2D eigenvalue weighted by atomic mass is 79.9. The van der Waals surface area contributed by atoms with E-state index in [0.717, 1.165) is 21.1 Å². The van der Waals surface area contributed by atoms with Gasteiger partial charge in [-0.05, 0) is 36.8 Å². The summed E-state index contributed by atoms with van der Waals surface area (Å²) in [6, 6.07) is 6.63. The zero-order chi connectivity index (χ0) is 12.3. The Morgan fingerprint density at radius 1 is 1.47 bits per heavy atom. The lowest BCUT2D eigenvalue weighted by molar-refractivity contribution is 0.768. The van der Waals surface area contributed by atoms with E-state index >= 15 is 0 Å². The lowest BCUT2D eigenvalue weighted by Crippen LogP contribution is -2.26. The van der Waals surface area contributed by atoms with Crippen LogP contribution in [-0.2, 0) is 0 Å².